The minimum atomic E-state index is -3.09. The lowest BCUT2D eigenvalue weighted by Crippen LogP contribution is -2.36. The number of unbranched alkanes of at least 4 members (excludes halogenated alkanes) is 1. The third kappa shape index (κ3) is 3.43. The third-order valence-electron chi connectivity index (χ3n) is 4.74. The van der Waals surface area contributed by atoms with E-state index in [1.54, 1.807) is 4.31 Å². The number of benzene rings is 1. The summed E-state index contributed by atoms with van der Waals surface area (Å²) in [5, 5.41) is 0. The SMILES string of the molecule is CCCCS(=O)(=O)N1CC=C(C2=CCc3cc(C)ccc32)CC1. The molecule has 0 amide bonds. The van der Waals surface area contributed by atoms with Crippen LogP contribution < -0.4 is 0 Å². The van der Waals surface area contributed by atoms with Crippen molar-refractivity contribution >= 4 is 15.6 Å². The van der Waals surface area contributed by atoms with Crippen molar-refractivity contribution in [2.75, 3.05) is 18.8 Å². The number of sulfonamides is 1. The fourth-order valence-electron chi connectivity index (χ4n) is 3.38. The fraction of sp³-hybridized carbons (Fsp3) is 0.474. The van der Waals surface area contributed by atoms with Crippen LogP contribution in [-0.4, -0.2) is 31.6 Å². The van der Waals surface area contributed by atoms with Crippen LogP contribution in [0.15, 0.2) is 35.9 Å². The van der Waals surface area contributed by atoms with E-state index < -0.39 is 10.0 Å². The Balaban J connectivity index is 1.74. The second-order valence-electron chi connectivity index (χ2n) is 6.49. The zero-order valence-corrected chi connectivity index (χ0v) is 14.8. The highest BCUT2D eigenvalue weighted by Gasteiger charge is 2.26. The highest BCUT2D eigenvalue weighted by molar-refractivity contribution is 7.89. The van der Waals surface area contributed by atoms with Crippen LogP contribution in [0.3, 0.4) is 0 Å². The number of allylic oxidation sites excluding steroid dienone is 2. The van der Waals surface area contributed by atoms with Crippen molar-refractivity contribution in [2.45, 2.75) is 39.5 Å². The zero-order chi connectivity index (χ0) is 16.4. The fourth-order valence-corrected chi connectivity index (χ4v) is 4.97. The Bertz CT molecular complexity index is 760. The second-order valence-corrected chi connectivity index (χ2v) is 8.58. The van der Waals surface area contributed by atoms with Gasteiger partial charge in [0.25, 0.3) is 0 Å². The van der Waals surface area contributed by atoms with Crippen LogP contribution in [-0.2, 0) is 16.4 Å². The predicted octanol–water partition coefficient (Wildman–Crippen LogP) is 3.70. The molecule has 3 nitrogen and oxygen atoms in total. The number of hydrogen-bond donors (Lipinski definition) is 0. The molecular weight excluding hydrogens is 306 g/mol. The Morgan fingerprint density at radius 3 is 2.74 bits per heavy atom. The minimum absolute atomic E-state index is 0.275. The van der Waals surface area contributed by atoms with Crippen LogP contribution in [0.5, 0.6) is 0 Å². The van der Waals surface area contributed by atoms with Gasteiger partial charge in [0.15, 0.2) is 0 Å². The van der Waals surface area contributed by atoms with Gasteiger partial charge in [-0.2, -0.15) is 4.31 Å². The Hall–Kier alpha value is -1.39. The predicted molar refractivity (Wildman–Crippen MR) is 95.8 cm³/mol. The summed E-state index contributed by atoms with van der Waals surface area (Å²) in [6.07, 6.45) is 7.85. The second kappa shape index (κ2) is 6.62. The average Bonchev–Trinajstić information content (AvgIpc) is 2.96. The quantitative estimate of drug-likeness (QED) is 0.825. The van der Waals surface area contributed by atoms with E-state index in [2.05, 4.69) is 37.3 Å². The molecule has 0 aromatic heterocycles. The lowest BCUT2D eigenvalue weighted by Gasteiger charge is -2.26. The van der Waals surface area contributed by atoms with Gasteiger partial charge in [-0.3, -0.25) is 0 Å². The Morgan fingerprint density at radius 2 is 2.04 bits per heavy atom. The highest BCUT2D eigenvalue weighted by Crippen LogP contribution is 2.36. The highest BCUT2D eigenvalue weighted by atomic mass is 32.2. The molecule has 0 radical (unpaired) electrons. The maximum Gasteiger partial charge on any atom is 0.214 e. The Morgan fingerprint density at radius 1 is 1.22 bits per heavy atom. The van der Waals surface area contributed by atoms with Crippen molar-refractivity contribution in [2.24, 2.45) is 0 Å². The molecule has 0 unspecified atom stereocenters. The summed E-state index contributed by atoms with van der Waals surface area (Å²) in [5.74, 6) is 0.275. The van der Waals surface area contributed by atoms with Gasteiger partial charge in [-0.1, -0.05) is 49.3 Å². The van der Waals surface area contributed by atoms with Gasteiger partial charge in [0.1, 0.15) is 0 Å². The molecule has 124 valence electrons. The van der Waals surface area contributed by atoms with E-state index in [0.717, 1.165) is 25.7 Å². The number of hydrogen-bond acceptors (Lipinski definition) is 2. The number of nitrogens with zero attached hydrogens (tertiary/aromatic N) is 1. The maximum atomic E-state index is 12.3. The molecule has 0 atom stereocenters. The number of aryl methyl sites for hydroxylation is 1. The van der Waals surface area contributed by atoms with E-state index in [-0.39, 0.29) is 5.75 Å². The molecule has 0 N–H and O–H groups in total. The molecule has 0 saturated carbocycles. The molecule has 4 heteroatoms. The van der Waals surface area contributed by atoms with Gasteiger partial charge >= 0.3 is 0 Å². The summed E-state index contributed by atoms with van der Waals surface area (Å²) >= 11 is 0. The minimum Gasteiger partial charge on any atom is -0.212 e. The van der Waals surface area contributed by atoms with Gasteiger partial charge in [-0.25, -0.2) is 8.42 Å². The Labute approximate surface area is 139 Å². The first-order valence-electron chi connectivity index (χ1n) is 8.48. The Kier molecular flexibility index (Phi) is 4.74. The van der Waals surface area contributed by atoms with E-state index >= 15 is 0 Å². The van der Waals surface area contributed by atoms with Crippen molar-refractivity contribution in [1.29, 1.82) is 0 Å². The van der Waals surface area contributed by atoms with Gasteiger partial charge < -0.3 is 0 Å². The summed E-state index contributed by atoms with van der Waals surface area (Å²) < 4.78 is 26.2. The van der Waals surface area contributed by atoms with E-state index in [1.807, 2.05) is 6.92 Å². The standard InChI is InChI=1S/C19H25NO2S/c1-3-4-13-23(21,22)20-11-9-16(10-12-20)18-8-6-17-14-15(2)5-7-19(17)18/h5,7-9,14H,3-4,6,10-13H2,1-2H3. The van der Waals surface area contributed by atoms with E-state index in [1.165, 1.54) is 27.8 Å². The molecule has 0 fully saturated rings. The third-order valence-corrected chi connectivity index (χ3v) is 6.67. The van der Waals surface area contributed by atoms with E-state index in [0.29, 0.717) is 13.1 Å². The smallest absolute Gasteiger partial charge is 0.212 e. The molecule has 1 aliphatic carbocycles. The van der Waals surface area contributed by atoms with Crippen LogP contribution in [0.2, 0.25) is 0 Å². The molecule has 0 saturated heterocycles. The molecule has 1 aliphatic heterocycles. The molecule has 3 rings (SSSR count). The average molecular weight is 331 g/mol. The van der Waals surface area contributed by atoms with Crippen LogP contribution in [0, 0.1) is 6.92 Å². The lowest BCUT2D eigenvalue weighted by atomic mass is 9.94. The summed E-state index contributed by atoms with van der Waals surface area (Å²) in [5.41, 5.74) is 6.62. The first-order valence-corrected chi connectivity index (χ1v) is 10.1. The van der Waals surface area contributed by atoms with Crippen molar-refractivity contribution in [3.63, 3.8) is 0 Å². The molecule has 0 spiro atoms. The van der Waals surface area contributed by atoms with Crippen molar-refractivity contribution in [1.82, 2.24) is 4.31 Å². The molecule has 1 aromatic rings. The molecular formula is C19H25NO2S. The van der Waals surface area contributed by atoms with Gasteiger partial charge in [0, 0.05) is 13.1 Å². The van der Waals surface area contributed by atoms with Gasteiger partial charge in [0.05, 0.1) is 5.75 Å². The van der Waals surface area contributed by atoms with Crippen molar-refractivity contribution in [3.8, 4) is 0 Å². The van der Waals surface area contributed by atoms with Crippen LogP contribution in [0.1, 0.15) is 42.9 Å². The first-order chi connectivity index (χ1) is 11.0. The number of fused-ring (bicyclic) bond motifs is 1. The van der Waals surface area contributed by atoms with Crippen LogP contribution in [0.25, 0.3) is 5.57 Å². The van der Waals surface area contributed by atoms with Gasteiger partial charge in [-0.15, -0.1) is 0 Å². The summed E-state index contributed by atoms with van der Waals surface area (Å²) in [6.45, 7) is 5.27. The molecule has 0 bridgehead atoms. The maximum absolute atomic E-state index is 12.3. The summed E-state index contributed by atoms with van der Waals surface area (Å²) in [7, 11) is -3.09. The van der Waals surface area contributed by atoms with E-state index in [4.69, 9.17) is 0 Å². The topological polar surface area (TPSA) is 37.4 Å². The molecule has 1 aromatic carbocycles. The van der Waals surface area contributed by atoms with E-state index in [9.17, 15) is 8.42 Å². The van der Waals surface area contributed by atoms with Crippen molar-refractivity contribution in [3.05, 3.63) is 52.6 Å². The monoisotopic (exact) mass is 331 g/mol. The van der Waals surface area contributed by atoms with Gasteiger partial charge in [-0.05, 0) is 48.5 Å². The normalized spacial score (nSPS) is 18.5. The molecule has 23 heavy (non-hydrogen) atoms. The molecule has 1 heterocycles. The lowest BCUT2D eigenvalue weighted by molar-refractivity contribution is 0.433. The summed E-state index contributed by atoms with van der Waals surface area (Å²) in [4.78, 5) is 0. The zero-order valence-electron chi connectivity index (χ0n) is 14.0. The summed E-state index contributed by atoms with van der Waals surface area (Å²) in [6, 6.07) is 6.61. The molecule has 2 aliphatic rings. The number of rotatable bonds is 5. The van der Waals surface area contributed by atoms with Crippen LogP contribution >= 0.6 is 0 Å². The van der Waals surface area contributed by atoms with Gasteiger partial charge in [0.2, 0.25) is 10.0 Å². The van der Waals surface area contributed by atoms with Crippen molar-refractivity contribution < 1.29 is 8.42 Å². The van der Waals surface area contributed by atoms with Crippen LogP contribution in [0.4, 0.5) is 0 Å². The largest absolute Gasteiger partial charge is 0.214 e. The first kappa shape index (κ1) is 16.5.